The van der Waals surface area contributed by atoms with Crippen molar-refractivity contribution in [1.29, 1.82) is 0 Å². The summed E-state index contributed by atoms with van der Waals surface area (Å²) in [7, 11) is 0. The summed E-state index contributed by atoms with van der Waals surface area (Å²) >= 11 is 0. The van der Waals surface area contributed by atoms with Gasteiger partial charge in [-0.25, -0.2) is 0 Å². The van der Waals surface area contributed by atoms with Gasteiger partial charge in [-0.05, 0) is 69.3 Å². The number of hydrogen-bond donors (Lipinski definition) is 2. The third kappa shape index (κ3) is 6.98. The number of primary amides is 1. The van der Waals surface area contributed by atoms with Crippen LogP contribution in [0.2, 0.25) is 0 Å². The van der Waals surface area contributed by atoms with E-state index >= 15 is 0 Å². The number of nitrogens with one attached hydrogen (secondary N) is 1. The van der Waals surface area contributed by atoms with Crippen molar-refractivity contribution in [2.45, 2.75) is 52.4 Å². The van der Waals surface area contributed by atoms with Gasteiger partial charge in [-0.15, -0.1) is 0 Å². The van der Waals surface area contributed by atoms with Gasteiger partial charge in [0.05, 0.1) is 5.92 Å². The van der Waals surface area contributed by atoms with Crippen molar-refractivity contribution in [3.63, 3.8) is 0 Å². The summed E-state index contributed by atoms with van der Waals surface area (Å²) in [6.45, 7) is 9.85. The van der Waals surface area contributed by atoms with E-state index in [1.54, 1.807) is 0 Å². The molecule has 2 amide bonds. The van der Waals surface area contributed by atoms with Crippen LogP contribution in [0.3, 0.4) is 0 Å². The molecule has 0 bridgehead atoms. The standard InChI is InChI=1S/C22H35N3O2/c1-16(2)15-18-5-7-19(8-6-18)17(3)22(27)24-11-4-12-25-13-9-20(10-14-25)21(23)26/h5-8,16-17,20H,4,9-15H2,1-3H3,(H2,23,26)(H,24,27)/t17-/m1/s1. The van der Waals surface area contributed by atoms with Crippen LogP contribution in [0.4, 0.5) is 0 Å². The van der Waals surface area contributed by atoms with Crippen molar-refractivity contribution >= 4 is 11.8 Å². The molecule has 0 spiro atoms. The number of carbonyl (C=O) groups is 2. The monoisotopic (exact) mass is 373 g/mol. The molecule has 5 nitrogen and oxygen atoms in total. The number of rotatable bonds is 9. The molecule has 1 saturated heterocycles. The van der Waals surface area contributed by atoms with Crippen molar-refractivity contribution in [2.75, 3.05) is 26.2 Å². The summed E-state index contributed by atoms with van der Waals surface area (Å²) in [6, 6.07) is 8.42. The SMILES string of the molecule is CC(C)Cc1ccc([C@@H](C)C(=O)NCCCN2CCC(C(N)=O)CC2)cc1. The van der Waals surface area contributed by atoms with Gasteiger partial charge in [0.25, 0.3) is 0 Å². The number of amides is 2. The lowest BCUT2D eigenvalue weighted by molar-refractivity contribution is -0.123. The number of carbonyl (C=O) groups excluding carboxylic acids is 2. The molecule has 1 aromatic carbocycles. The van der Waals surface area contributed by atoms with Crippen LogP contribution in [0.15, 0.2) is 24.3 Å². The first-order chi connectivity index (χ1) is 12.9. The first-order valence-electron chi connectivity index (χ1n) is 10.2. The Kier molecular flexibility index (Phi) is 8.29. The first kappa shape index (κ1) is 21.4. The Balaban J connectivity index is 1.67. The third-order valence-corrected chi connectivity index (χ3v) is 5.46. The lowest BCUT2D eigenvalue weighted by Crippen LogP contribution is -2.39. The van der Waals surface area contributed by atoms with Crippen LogP contribution in [0, 0.1) is 11.8 Å². The minimum absolute atomic E-state index is 0.0359. The molecule has 27 heavy (non-hydrogen) atoms. The van der Waals surface area contributed by atoms with Crippen LogP contribution in [0.25, 0.3) is 0 Å². The molecule has 150 valence electrons. The zero-order valence-corrected chi connectivity index (χ0v) is 17.0. The van der Waals surface area contributed by atoms with Crippen molar-refractivity contribution in [1.82, 2.24) is 10.2 Å². The normalized spacial score (nSPS) is 17.0. The summed E-state index contributed by atoms with van der Waals surface area (Å²) < 4.78 is 0. The molecule has 0 unspecified atom stereocenters. The molecule has 1 atom stereocenters. The Morgan fingerprint density at radius 2 is 1.78 bits per heavy atom. The van der Waals surface area contributed by atoms with Gasteiger partial charge in [0.1, 0.15) is 0 Å². The van der Waals surface area contributed by atoms with Crippen LogP contribution >= 0.6 is 0 Å². The van der Waals surface area contributed by atoms with Gasteiger partial charge in [-0.1, -0.05) is 38.1 Å². The fourth-order valence-corrected chi connectivity index (χ4v) is 3.67. The molecule has 0 saturated carbocycles. The number of nitrogens with two attached hydrogens (primary N) is 1. The second-order valence-corrected chi connectivity index (χ2v) is 8.22. The molecule has 1 aliphatic rings. The zero-order chi connectivity index (χ0) is 19.8. The molecule has 5 heteroatoms. The second-order valence-electron chi connectivity index (χ2n) is 8.22. The third-order valence-electron chi connectivity index (χ3n) is 5.46. The van der Waals surface area contributed by atoms with Crippen molar-refractivity contribution in [3.8, 4) is 0 Å². The number of hydrogen-bond acceptors (Lipinski definition) is 3. The number of likely N-dealkylation sites (tertiary alicyclic amines) is 1. The van der Waals surface area contributed by atoms with E-state index < -0.39 is 0 Å². The van der Waals surface area contributed by atoms with E-state index in [0.717, 1.165) is 50.9 Å². The van der Waals surface area contributed by atoms with Gasteiger partial charge in [-0.2, -0.15) is 0 Å². The van der Waals surface area contributed by atoms with Gasteiger partial charge in [0.15, 0.2) is 0 Å². The molecule has 1 aliphatic heterocycles. The van der Waals surface area contributed by atoms with Gasteiger partial charge < -0.3 is 16.0 Å². The van der Waals surface area contributed by atoms with Gasteiger partial charge in [0.2, 0.25) is 11.8 Å². The summed E-state index contributed by atoms with van der Waals surface area (Å²) in [5.41, 5.74) is 7.75. The number of benzene rings is 1. The van der Waals surface area contributed by atoms with E-state index in [1.165, 1.54) is 5.56 Å². The average molecular weight is 374 g/mol. The highest BCUT2D eigenvalue weighted by Gasteiger charge is 2.22. The minimum atomic E-state index is -0.173. The van der Waals surface area contributed by atoms with Crippen molar-refractivity contribution in [2.24, 2.45) is 17.6 Å². The van der Waals surface area contributed by atoms with Crippen LogP contribution in [-0.2, 0) is 16.0 Å². The highest BCUT2D eigenvalue weighted by Crippen LogP contribution is 2.18. The largest absolute Gasteiger partial charge is 0.369 e. The lowest BCUT2D eigenvalue weighted by Gasteiger charge is -2.30. The number of nitrogens with zero attached hydrogens (tertiary/aromatic N) is 1. The molecule has 1 heterocycles. The maximum Gasteiger partial charge on any atom is 0.227 e. The van der Waals surface area contributed by atoms with Crippen LogP contribution in [-0.4, -0.2) is 42.9 Å². The Hall–Kier alpha value is -1.88. The average Bonchev–Trinajstić information content (AvgIpc) is 2.65. The Bertz CT molecular complexity index is 604. The molecular formula is C22H35N3O2. The summed E-state index contributed by atoms with van der Waals surface area (Å²) in [4.78, 5) is 25.9. The Labute approximate surface area is 163 Å². The fraction of sp³-hybridized carbons (Fsp3) is 0.636. The smallest absolute Gasteiger partial charge is 0.227 e. The maximum absolute atomic E-state index is 12.4. The van der Waals surface area contributed by atoms with Crippen molar-refractivity contribution < 1.29 is 9.59 Å². The predicted octanol–water partition coefficient (Wildman–Crippen LogP) is 2.69. The topological polar surface area (TPSA) is 75.4 Å². The minimum Gasteiger partial charge on any atom is -0.369 e. The van der Waals surface area contributed by atoms with E-state index in [4.69, 9.17) is 5.73 Å². The van der Waals surface area contributed by atoms with Gasteiger partial charge >= 0.3 is 0 Å². The molecule has 2 rings (SSSR count). The fourth-order valence-electron chi connectivity index (χ4n) is 3.67. The van der Waals surface area contributed by atoms with Crippen LogP contribution < -0.4 is 11.1 Å². The maximum atomic E-state index is 12.4. The van der Waals surface area contributed by atoms with Gasteiger partial charge in [-0.3, -0.25) is 9.59 Å². The highest BCUT2D eigenvalue weighted by atomic mass is 16.2. The molecule has 0 aromatic heterocycles. The Morgan fingerprint density at radius 3 is 2.33 bits per heavy atom. The van der Waals surface area contributed by atoms with E-state index in [9.17, 15) is 9.59 Å². The molecule has 0 aliphatic carbocycles. The van der Waals surface area contributed by atoms with Gasteiger partial charge in [0, 0.05) is 12.5 Å². The second kappa shape index (κ2) is 10.5. The van der Waals surface area contributed by atoms with E-state index in [2.05, 4.69) is 48.3 Å². The Morgan fingerprint density at radius 1 is 1.15 bits per heavy atom. The van der Waals surface area contributed by atoms with Crippen LogP contribution in [0.5, 0.6) is 0 Å². The molecule has 0 radical (unpaired) electrons. The summed E-state index contributed by atoms with van der Waals surface area (Å²) in [6.07, 6.45) is 3.70. The summed E-state index contributed by atoms with van der Waals surface area (Å²) in [5, 5.41) is 3.05. The predicted molar refractivity (Wildman–Crippen MR) is 109 cm³/mol. The van der Waals surface area contributed by atoms with Crippen molar-refractivity contribution in [3.05, 3.63) is 35.4 Å². The van der Waals surface area contributed by atoms with Crippen LogP contribution in [0.1, 0.15) is 57.1 Å². The summed E-state index contributed by atoms with van der Waals surface area (Å²) in [5.74, 6) is 0.448. The quantitative estimate of drug-likeness (QED) is 0.654. The molecule has 3 N–H and O–H groups in total. The highest BCUT2D eigenvalue weighted by molar-refractivity contribution is 5.83. The first-order valence-corrected chi connectivity index (χ1v) is 10.2. The molecule has 1 fully saturated rings. The molecular weight excluding hydrogens is 338 g/mol. The van der Waals surface area contributed by atoms with E-state index in [0.29, 0.717) is 12.5 Å². The molecule has 1 aromatic rings. The van der Waals surface area contributed by atoms with E-state index in [1.807, 2.05) is 6.92 Å². The zero-order valence-electron chi connectivity index (χ0n) is 17.0. The van der Waals surface area contributed by atoms with E-state index in [-0.39, 0.29) is 23.7 Å². The number of piperidine rings is 1. The lowest BCUT2D eigenvalue weighted by atomic mass is 9.96.